The van der Waals surface area contributed by atoms with E-state index in [4.69, 9.17) is 5.11 Å². The molecule has 4 nitrogen and oxygen atoms in total. The van der Waals surface area contributed by atoms with Crippen LogP contribution in [0.3, 0.4) is 0 Å². The molecule has 1 aromatic carbocycles. The Morgan fingerprint density at radius 3 is 2.95 bits per heavy atom. The van der Waals surface area contributed by atoms with Crippen molar-refractivity contribution in [3.05, 3.63) is 28.7 Å². The fourth-order valence-electron chi connectivity index (χ4n) is 1.56. The number of anilines is 2. The van der Waals surface area contributed by atoms with E-state index >= 15 is 0 Å². The Morgan fingerprint density at radius 1 is 1.25 bits per heavy atom. The lowest BCUT2D eigenvalue weighted by Gasteiger charge is -2.01. The van der Waals surface area contributed by atoms with Gasteiger partial charge in [0.1, 0.15) is 0 Å². The second-order valence-electron chi connectivity index (χ2n) is 4.14. The number of aliphatic hydroxyl groups excluding tert-OH is 1. The van der Waals surface area contributed by atoms with Gasteiger partial charge < -0.3 is 10.4 Å². The van der Waals surface area contributed by atoms with Gasteiger partial charge in [-0.05, 0) is 31.0 Å². The van der Waals surface area contributed by atoms with Crippen molar-refractivity contribution in [2.75, 3.05) is 17.7 Å². The van der Waals surface area contributed by atoms with Crippen molar-refractivity contribution in [1.82, 2.24) is 10.2 Å². The van der Waals surface area contributed by atoms with Gasteiger partial charge in [-0.2, -0.15) is 0 Å². The first-order valence-corrected chi connectivity index (χ1v) is 8.97. The quantitative estimate of drug-likeness (QED) is 0.533. The van der Waals surface area contributed by atoms with Crippen LogP contribution in [0.1, 0.15) is 19.3 Å². The number of thioether (sulfide) groups is 1. The smallest absolute Gasteiger partial charge is 0.210 e. The molecule has 0 aliphatic rings. The summed E-state index contributed by atoms with van der Waals surface area (Å²) < 4.78 is 2.01. The van der Waals surface area contributed by atoms with Gasteiger partial charge in [0.15, 0.2) is 4.34 Å². The zero-order valence-corrected chi connectivity index (χ0v) is 14.1. The van der Waals surface area contributed by atoms with Gasteiger partial charge in [-0.3, -0.25) is 0 Å². The largest absolute Gasteiger partial charge is 0.396 e. The van der Waals surface area contributed by atoms with Gasteiger partial charge in [0.25, 0.3) is 0 Å². The van der Waals surface area contributed by atoms with Crippen LogP contribution in [0.5, 0.6) is 0 Å². The summed E-state index contributed by atoms with van der Waals surface area (Å²) in [4.78, 5) is 0. The highest BCUT2D eigenvalue weighted by Gasteiger charge is 2.05. The normalized spacial score (nSPS) is 10.7. The maximum atomic E-state index is 8.71. The molecule has 2 aromatic rings. The lowest BCUT2D eigenvalue weighted by atomic mass is 10.3. The number of benzene rings is 1. The average Bonchev–Trinajstić information content (AvgIpc) is 2.86. The molecule has 0 aliphatic carbocycles. The molecule has 0 unspecified atom stereocenters. The molecule has 1 aromatic heterocycles. The van der Waals surface area contributed by atoms with Gasteiger partial charge in [-0.15, -0.1) is 10.2 Å². The second kappa shape index (κ2) is 8.61. The molecule has 0 aliphatic heterocycles. The van der Waals surface area contributed by atoms with Crippen molar-refractivity contribution >= 4 is 49.8 Å². The van der Waals surface area contributed by atoms with Gasteiger partial charge in [0.2, 0.25) is 5.13 Å². The Balaban J connectivity index is 1.80. The summed E-state index contributed by atoms with van der Waals surface area (Å²) in [6, 6.07) is 7.96. The average molecular weight is 374 g/mol. The highest BCUT2D eigenvalue weighted by Crippen LogP contribution is 2.28. The third-order valence-corrected chi connectivity index (χ3v) is 5.06. The number of rotatable bonds is 8. The maximum absolute atomic E-state index is 8.71. The number of unbranched alkanes of at least 4 members (excludes halogenated alkanes) is 2. The van der Waals surface area contributed by atoms with Crippen LogP contribution in [0.2, 0.25) is 0 Å². The van der Waals surface area contributed by atoms with Crippen LogP contribution in [0.4, 0.5) is 10.8 Å². The molecule has 0 saturated carbocycles. The van der Waals surface area contributed by atoms with Gasteiger partial charge >= 0.3 is 0 Å². The minimum absolute atomic E-state index is 0.282. The molecule has 0 radical (unpaired) electrons. The first-order valence-electron chi connectivity index (χ1n) is 6.37. The first-order chi connectivity index (χ1) is 9.78. The summed E-state index contributed by atoms with van der Waals surface area (Å²) in [6.07, 6.45) is 3.04. The SMILES string of the molecule is OCCCCCSc1nnc(Nc2cccc(Br)c2)s1. The van der Waals surface area contributed by atoms with Crippen LogP contribution in [-0.2, 0) is 0 Å². The molecule has 108 valence electrons. The molecule has 20 heavy (non-hydrogen) atoms. The molecule has 0 bridgehead atoms. The number of aliphatic hydroxyl groups is 1. The second-order valence-corrected chi connectivity index (χ2v) is 7.38. The lowest BCUT2D eigenvalue weighted by Crippen LogP contribution is -1.88. The summed E-state index contributed by atoms with van der Waals surface area (Å²) in [5.74, 6) is 1.02. The van der Waals surface area contributed by atoms with Gasteiger partial charge in [-0.1, -0.05) is 51.5 Å². The zero-order chi connectivity index (χ0) is 14.2. The Bertz CT molecular complexity index is 536. The predicted octanol–water partition coefficient (Wildman–Crippen LogP) is 4.30. The highest BCUT2D eigenvalue weighted by molar-refractivity contribution is 9.10. The minimum atomic E-state index is 0.282. The standard InChI is InChI=1S/C13H16BrN3OS2/c14-10-5-4-6-11(9-10)15-12-16-17-13(20-12)19-8-3-1-2-7-18/h4-6,9,18H,1-3,7-8H2,(H,15,16). The van der Waals surface area contributed by atoms with Crippen LogP contribution in [0.25, 0.3) is 0 Å². The molecular formula is C13H16BrN3OS2. The summed E-state index contributed by atoms with van der Waals surface area (Å²) in [5, 5.41) is 21.1. The van der Waals surface area contributed by atoms with Gasteiger partial charge in [-0.25, -0.2) is 0 Å². The van der Waals surface area contributed by atoms with Crippen LogP contribution in [0.15, 0.2) is 33.1 Å². The number of nitrogens with zero attached hydrogens (tertiary/aromatic N) is 2. The third kappa shape index (κ3) is 5.40. The van der Waals surface area contributed by atoms with Crippen LogP contribution >= 0.6 is 39.0 Å². The Kier molecular flexibility index (Phi) is 6.78. The van der Waals surface area contributed by atoms with Gasteiger partial charge in [0.05, 0.1) is 0 Å². The predicted molar refractivity (Wildman–Crippen MR) is 89.0 cm³/mol. The van der Waals surface area contributed by atoms with Crippen molar-refractivity contribution in [2.24, 2.45) is 0 Å². The van der Waals surface area contributed by atoms with Crippen molar-refractivity contribution in [3.63, 3.8) is 0 Å². The monoisotopic (exact) mass is 373 g/mol. The van der Waals surface area contributed by atoms with E-state index in [0.29, 0.717) is 0 Å². The summed E-state index contributed by atoms with van der Waals surface area (Å²) in [5.41, 5.74) is 0.995. The van der Waals surface area contributed by atoms with Crippen LogP contribution in [-0.4, -0.2) is 27.7 Å². The highest BCUT2D eigenvalue weighted by atomic mass is 79.9. The van der Waals surface area contributed by atoms with E-state index in [1.807, 2.05) is 24.3 Å². The van der Waals surface area contributed by atoms with E-state index in [2.05, 4.69) is 31.4 Å². The topological polar surface area (TPSA) is 58.0 Å². The van der Waals surface area contributed by atoms with Crippen molar-refractivity contribution < 1.29 is 5.11 Å². The molecule has 2 N–H and O–H groups in total. The molecule has 2 rings (SSSR count). The Hall–Kier alpha value is -0.630. The maximum Gasteiger partial charge on any atom is 0.210 e. The van der Waals surface area contributed by atoms with E-state index in [1.54, 1.807) is 23.1 Å². The van der Waals surface area contributed by atoms with E-state index in [1.165, 1.54) is 0 Å². The third-order valence-electron chi connectivity index (χ3n) is 2.51. The molecule has 7 heteroatoms. The zero-order valence-electron chi connectivity index (χ0n) is 10.9. The number of hydrogen-bond donors (Lipinski definition) is 2. The molecule has 0 atom stereocenters. The van der Waals surface area contributed by atoms with E-state index in [9.17, 15) is 0 Å². The van der Waals surface area contributed by atoms with E-state index in [-0.39, 0.29) is 6.61 Å². The molecule has 1 heterocycles. The Morgan fingerprint density at radius 2 is 2.15 bits per heavy atom. The molecule has 0 spiro atoms. The first kappa shape index (κ1) is 15.8. The molecule has 0 fully saturated rings. The fraction of sp³-hybridized carbons (Fsp3) is 0.385. The minimum Gasteiger partial charge on any atom is -0.396 e. The van der Waals surface area contributed by atoms with E-state index < -0.39 is 0 Å². The Labute approximate surface area is 135 Å². The number of halogens is 1. The van der Waals surface area contributed by atoms with Crippen molar-refractivity contribution in [1.29, 1.82) is 0 Å². The summed E-state index contributed by atoms with van der Waals surface area (Å²) in [7, 11) is 0. The summed E-state index contributed by atoms with van der Waals surface area (Å²) >= 11 is 6.72. The number of nitrogens with one attached hydrogen (secondary N) is 1. The van der Waals surface area contributed by atoms with Gasteiger partial charge in [0, 0.05) is 22.5 Å². The lowest BCUT2D eigenvalue weighted by molar-refractivity contribution is 0.284. The van der Waals surface area contributed by atoms with E-state index in [0.717, 1.165) is 44.6 Å². The van der Waals surface area contributed by atoms with Crippen molar-refractivity contribution in [3.8, 4) is 0 Å². The fourth-order valence-corrected chi connectivity index (χ4v) is 3.80. The van der Waals surface area contributed by atoms with Crippen molar-refractivity contribution in [2.45, 2.75) is 23.6 Å². The van der Waals surface area contributed by atoms with Crippen LogP contribution in [0, 0.1) is 0 Å². The van der Waals surface area contributed by atoms with Crippen LogP contribution < -0.4 is 5.32 Å². The molecular weight excluding hydrogens is 358 g/mol. The molecule has 0 amide bonds. The number of aromatic nitrogens is 2. The summed E-state index contributed by atoms with van der Waals surface area (Å²) in [6.45, 7) is 0.282. The molecule has 0 saturated heterocycles. The number of hydrogen-bond acceptors (Lipinski definition) is 6.